The molecule has 0 saturated carbocycles. The molecule has 124 valence electrons. The lowest BCUT2D eigenvalue weighted by atomic mass is 10.1. The highest BCUT2D eigenvalue weighted by Crippen LogP contribution is 2.18. The molecule has 24 heavy (non-hydrogen) atoms. The minimum atomic E-state index is -0.894. The van der Waals surface area contributed by atoms with Gasteiger partial charge in [0.15, 0.2) is 11.0 Å². The highest BCUT2D eigenvalue weighted by molar-refractivity contribution is 7.80. The number of fused-ring (bicyclic) bond motifs is 1. The van der Waals surface area contributed by atoms with Gasteiger partial charge >= 0.3 is 0 Å². The number of carbonyl (C=O) groups is 2. The van der Waals surface area contributed by atoms with E-state index in [1.54, 1.807) is 14.1 Å². The van der Waals surface area contributed by atoms with E-state index in [0.717, 1.165) is 11.9 Å². The molecule has 1 saturated heterocycles. The lowest BCUT2D eigenvalue weighted by Crippen LogP contribution is -2.57. The number of aromatic nitrogens is 1. The minimum Gasteiger partial charge on any atom is -0.361 e. The van der Waals surface area contributed by atoms with E-state index in [1.165, 1.54) is 27.0 Å². The van der Waals surface area contributed by atoms with Crippen molar-refractivity contribution in [3.63, 3.8) is 0 Å². The van der Waals surface area contributed by atoms with Gasteiger partial charge in [-0.2, -0.15) is 0 Å². The number of hydrogen-bond donors (Lipinski definition) is 1. The first kappa shape index (κ1) is 16.3. The number of aromatic amines is 1. The van der Waals surface area contributed by atoms with Gasteiger partial charge in [0, 0.05) is 44.0 Å². The van der Waals surface area contributed by atoms with Crippen LogP contribution >= 0.6 is 12.2 Å². The molecule has 2 aromatic rings. The van der Waals surface area contributed by atoms with Gasteiger partial charge in [0.05, 0.1) is 0 Å². The zero-order valence-corrected chi connectivity index (χ0v) is 14.3. The first-order valence-corrected chi connectivity index (χ1v) is 8.05. The highest BCUT2D eigenvalue weighted by Gasteiger charge is 2.39. The molecule has 1 aliphatic heterocycles. The SMILES string of the molecule is CN1C(=O)C(C=NCCc2c[nH]c3ccccc23)C(=O)N(C)C1=S. The number of nitrogens with zero attached hydrogens (tertiary/aromatic N) is 3. The van der Waals surface area contributed by atoms with Gasteiger partial charge in [-0.25, -0.2) is 0 Å². The van der Waals surface area contributed by atoms with Gasteiger partial charge in [-0.15, -0.1) is 0 Å². The molecule has 0 aliphatic carbocycles. The third kappa shape index (κ3) is 2.82. The summed E-state index contributed by atoms with van der Waals surface area (Å²) < 4.78 is 0. The molecule has 1 aromatic carbocycles. The average molecular weight is 342 g/mol. The van der Waals surface area contributed by atoms with Gasteiger partial charge in [0.1, 0.15) is 0 Å². The Kier molecular flexibility index (Phi) is 4.44. The van der Waals surface area contributed by atoms with E-state index in [9.17, 15) is 9.59 Å². The predicted molar refractivity (Wildman–Crippen MR) is 97.0 cm³/mol. The summed E-state index contributed by atoms with van der Waals surface area (Å²) in [7, 11) is 3.14. The van der Waals surface area contributed by atoms with Crippen LogP contribution in [0.2, 0.25) is 0 Å². The molecule has 1 aliphatic rings. The van der Waals surface area contributed by atoms with Crippen LogP contribution in [0.3, 0.4) is 0 Å². The van der Waals surface area contributed by atoms with E-state index in [4.69, 9.17) is 12.2 Å². The summed E-state index contributed by atoms with van der Waals surface area (Å²) in [4.78, 5) is 34.5. The van der Waals surface area contributed by atoms with Crippen LogP contribution in [-0.2, 0) is 16.0 Å². The fourth-order valence-corrected chi connectivity index (χ4v) is 2.95. The summed E-state index contributed by atoms with van der Waals surface area (Å²) in [5.74, 6) is -1.56. The van der Waals surface area contributed by atoms with Crippen LogP contribution in [-0.4, -0.2) is 58.6 Å². The topological polar surface area (TPSA) is 68.8 Å². The van der Waals surface area contributed by atoms with Crippen LogP contribution in [0, 0.1) is 5.92 Å². The van der Waals surface area contributed by atoms with Crippen molar-refractivity contribution in [2.24, 2.45) is 10.9 Å². The molecule has 0 atom stereocenters. The third-order valence-electron chi connectivity index (χ3n) is 4.21. The summed E-state index contributed by atoms with van der Waals surface area (Å²) in [5.41, 5.74) is 2.25. The average Bonchev–Trinajstić information content (AvgIpc) is 3.01. The fourth-order valence-electron chi connectivity index (χ4n) is 2.77. The summed E-state index contributed by atoms with van der Waals surface area (Å²) in [5, 5.41) is 1.38. The van der Waals surface area contributed by atoms with Gasteiger partial charge in [-0.05, 0) is 30.3 Å². The summed E-state index contributed by atoms with van der Waals surface area (Å²) in [6.07, 6.45) is 4.14. The number of benzene rings is 1. The normalized spacial score (nSPS) is 16.8. The number of H-pyrrole nitrogens is 1. The van der Waals surface area contributed by atoms with Crippen molar-refractivity contribution >= 4 is 46.3 Å². The van der Waals surface area contributed by atoms with Gasteiger partial charge in [-0.3, -0.25) is 24.4 Å². The zero-order valence-electron chi connectivity index (χ0n) is 13.5. The third-order valence-corrected chi connectivity index (χ3v) is 4.75. The second-order valence-corrected chi connectivity index (χ2v) is 6.08. The Morgan fingerprint density at radius 1 is 1.21 bits per heavy atom. The Labute approximate surface area is 145 Å². The number of thiocarbonyl (C=S) groups is 1. The first-order chi connectivity index (χ1) is 11.5. The Morgan fingerprint density at radius 2 is 1.88 bits per heavy atom. The van der Waals surface area contributed by atoms with Crippen LogP contribution in [0.5, 0.6) is 0 Å². The number of hydrogen-bond acceptors (Lipinski definition) is 4. The molecule has 0 unspecified atom stereocenters. The van der Waals surface area contributed by atoms with E-state index in [1.807, 2.05) is 24.4 Å². The molecule has 0 bridgehead atoms. The van der Waals surface area contributed by atoms with Crippen molar-refractivity contribution < 1.29 is 9.59 Å². The summed E-state index contributed by atoms with van der Waals surface area (Å²) >= 11 is 5.05. The van der Waals surface area contributed by atoms with E-state index in [-0.39, 0.29) is 16.9 Å². The fraction of sp³-hybridized carbons (Fsp3) is 0.294. The number of aliphatic imine (C=N–C) groups is 1. The minimum absolute atomic E-state index is 0.216. The summed E-state index contributed by atoms with van der Waals surface area (Å²) in [6, 6.07) is 8.06. The smallest absolute Gasteiger partial charge is 0.246 e. The largest absolute Gasteiger partial charge is 0.361 e. The molecule has 2 amide bonds. The molecular formula is C17H18N4O2S. The van der Waals surface area contributed by atoms with Crippen molar-refractivity contribution in [3.05, 3.63) is 36.0 Å². The Hall–Kier alpha value is -2.54. The Bertz CT molecular complexity index is 818. The molecule has 1 N–H and O–H groups in total. The molecule has 0 spiro atoms. The van der Waals surface area contributed by atoms with Crippen molar-refractivity contribution in [3.8, 4) is 0 Å². The molecule has 3 rings (SSSR count). The van der Waals surface area contributed by atoms with Crippen molar-refractivity contribution in [2.45, 2.75) is 6.42 Å². The Balaban J connectivity index is 1.67. The monoisotopic (exact) mass is 342 g/mol. The second kappa shape index (κ2) is 6.52. The van der Waals surface area contributed by atoms with Crippen molar-refractivity contribution in [1.29, 1.82) is 0 Å². The Morgan fingerprint density at radius 3 is 2.58 bits per heavy atom. The molecule has 1 fully saturated rings. The molecular weight excluding hydrogens is 324 g/mol. The second-order valence-electron chi connectivity index (χ2n) is 5.72. The standard InChI is InChI=1S/C17H18N4O2S/c1-20-15(22)13(16(23)21(2)17(20)24)10-18-8-7-11-9-19-14-6-4-3-5-12(11)14/h3-6,9-10,13,19H,7-8H2,1-2H3. The predicted octanol–water partition coefficient (Wildman–Crippen LogP) is 1.61. The maximum absolute atomic E-state index is 12.2. The van der Waals surface area contributed by atoms with Crippen LogP contribution < -0.4 is 0 Å². The van der Waals surface area contributed by atoms with Crippen LogP contribution in [0.25, 0.3) is 10.9 Å². The number of nitrogens with one attached hydrogen (secondary N) is 1. The van der Waals surface area contributed by atoms with Gasteiger partial charge < -0.3 is 4.98 Å². The van der Waals surface area contributed by atoms with Crippen LogP contribution in [0.1, 0.15) is 5.56 Å². The van der Waals surface area contributed by atoms with Crippen LogP contribution in [0.4, 0.5) is 0 Å². The first-order valence-electron chi connectivity index (χ1n) is 7.64. The van der Waals surface area contributed by atoms with Crippen LogP contribution in [0.15, 0.2) is 35.5 Å². The van der Waals surface area contributed by atoms with E-state index < -0.39 is 5.92 Å². The molecule has 2 heterocycles. The molecule has 1 aromatic heterocycles. The number of para-hydroxylation sites is 1. The number of rotatable bonds is 4. The number of carbonyl (C=O) groups excluding carboxylic acids is 2. The van der Waals surface area contributed by atoms with Gasteiger partial charge in [0.2, 0.25) is 11.8 Å². The maximum atomic E-state index is 12.2. The zero-order chi connectivity index (χ0) is 17.3. The lowest BCUT2D eigenvalue weighted by Gasteiger charge is -2.33. The quantitative estimate of drug-likeness (QED) is 0.521. The van der Waals surface area contributed by atoms with Crippen molar-refractivity contribution in [1.82, 2.24) is 14.8 Å². The highest BCUT2D eigenvalue weighted by atomic mass is 32.1. The van der Waals surface area contributed by atoms with E-state index >= 15 is 0 Å². The maximum Gasteiger partial charge on any atom is 0.246 e. The van der Waals surface area contributed by atoms with E-state index in [0.29, 0.717) is 6.54 Å². The van der Waals surface area contributed by atoms with Gasteiger partial charge in [0.25, 0.3) is 0 Å². The molecule has 7 heteroatoms. The summed E-state index contributed by atoms with van der Waals surface area (Å²) in [6.45, 7) is 0.511. The lowest BCUT2D eigenvalue weighted by molar-refractivity contribution is -0.142. The van der Waals surface area contributed by atoms with Gasteiger partial charge in [-0.1, -0.05) is 18.2 Å². The van der Waals surface area contributed by atoms with E-state index in [2.05, 4.69) is 16.0 Å². The molecule has 6 nitrogen and oxygen atoms in total. The number of amides is 2. The van der Waals surface area contributed by atoms with Crippen molar-refractivity contribution in [2.75, 3.05) is 20.6 Å². The molecule has 0 radical (unpaired) electrons.